The maximum atomic E-state index is 11.7. The number of hydrogen-bond donors (Lipinski definition) is 0. The van der Waals surface area contributed by atoms with E-state index in [9.17, 15) is 18.0 Å². The average Bonchev–Trinajstić information content (AvgIpc) is 2.37. The van der Waals surface area contributed by atoms with Gasteiger partial charge >= 0.3 is 0 Å². The van der Waals surface area contributed by atoms with Gasteiger partial charge in [-0.05, 0) is 29.9 Å². The maximum absolute atomic E-state index is 11.7. The van der Waals surface area contributed by atoms with Gasteiger partial charge in [0.25, 0.3) is 14.2 Å². The van der Waals surface area contributed by atoms with Crippen molar-refractivity contribution in [1.82, 2.24) is 0 Å². The monoisotopic (exact) mass is 300 g/mol. The van der Waals surface area contributed by atoms with Gasteiger partial charge in [-0.3, -0.25) is 9.59 Å². The summed E-state index contributed by atoms with van der Waals surface area (Å²) in [7, 11) is 0.814. The largest absolute Gasteiger partial charge is 0.295 e. The molecule has 0 bridgehead atoms. The van der Waals surface area contributed by atoms with Crippen molar-refractivity contribution >= 4 is 41.7 Å². The normalized spacial score (nSPS) is 32.4. The van der Waals surface area contributed by atoms with E-state index in [1.165, 1.54) is 0 Å². The van der Waals surface area contributed by atoms with Crippen LogP contribution in [0.4, 0.5) is 0 Å². The molecule has 4 nitrogen and oxygen atoms in total. The molecule has 0 aromatic rings. The summed E-state index contributed by atoms with van der Waals surface area (Å²) >= 11 is 5.56. The van der Waals surface area contributed by atoms with Gasteiger partial charge in [-0.15, -0.1) is 0 Å². The van der Waals surface area contributed by atoms with Gasteiger partial charge in [-0.1, -0.05) is 20.8 Å². The van der Waals surface area contributed by atoms with Crippen molar-refractivity contribution in [2.24, 2.45) is 16.7 Å². The first kappa shape index (κ1) is 14.9. The molecule has 98 valence electrons. The van der Waals surface area contributed by atoms with Crippen LogP contribution in [-0.4, -0.2) is 18.8 Å². The second-order valence-corrected chi connectivity index (χ2v) is 8.02. The molecule has 2 atom stereocenters. The van der Waals surface area contributed by atoms with Crippen LogP contribution >= 0.6 is 22.3 Å². The third-order valence-electron chi connectivity index (χ3n) is 4.18. The molecule has 0 spiro atoms. The van der Waals surface area contributed by atoms with E-state index in [0.717, 1.165) is 0 Å². The van der Waals surface area contributed by atoms with Gasteiger partial charge in [0.15, 0.2) is 0 Å². The van der Waals surface area contributed by atoms with Crippen molar-refractivity contribution in [2.45, 2.75) is 33.6 Å². The minimum Gasteiger partial charge on any atom is -0.281 e. The highest BCUT2D eigenvalue weighted by Gasteiger charge is 2.58. The van der Waals surface area contributed by atoms with Crippen molar-refractivity contribution < 1.29 is 18.0 Å². The number of hydrogen-bond acceptors (Lipinski definition) is 4. The predicted octanol–water partition coefficient (Wildman–Crippen LogP) is 2.29. The topological polar surface area (TPSA) is 68.3 Å². The second kappa shape index (κ2) is 4.21. The predicted molar refractivity (Wildman–Crippen MR) is 65.3 cm³/mol. The molecule has 0 saturated heterocycles. The summed E-state index contributed by atoms with van der Waals surface area (Å²) in [5.74, 6) is -0.794. The Bertz CT molecular complexity index is 469. The van der Waals surface area contributed by atoms with Crippen LogP contribution in [0.15, 0.2) is 0 Å². The molecule has 0 aromatic heterocycles. The Labute approximate surface area is 110 Å². The zero-order chi connectivity index (χ0) is 13.6. The zero-order valence-electron chi connectivity index (χ0n) is 9.79. The molecular formula is C10H14Cl2O4S. The van der Waals surface area contributed by atoms with Crippen LogP contribution in [0.5, 0.6) is 0 Å². The summed E-state index contributed by atoms with van der Waals surface area (Å²) in [6, 6.07) is 0. The van der Waals surface area contributed by atoms with Gasteiger partial charge in [0, 0.05) is 22.0 Å². The average molecular weight is 301 g/mol. The third kappa shape index (κ3) is 2.25. The number of carbonyl (C=O) groups excluding carboxylic acids is 2. The lowest BCUT2D eigenvalue weighted by Gasteiger charge is -2.37. The first-order chi connectivity index (χ1) is 7.44. The molecule has 0 heterocycles. The summed E-state index contributed by atoms with van der Waals surface area (Å²) in [6.45, 7) is 4.99. The van der Waals surface area contributed by atoms with Crippen LogP contribution in [0.25, 0.3) is 0 Å². The van der Waals surface area contributed by atoms with E-state index < -0.39 is 36.2 Å². The number of halogens is 2. The van der Waals surface area contributed by atoms with E-state index in [0.29, 0.717) is 12.8 Å². The fourth-order valence-corrected chi connectivity index (χ4v) is 3.85. The van der Waals surface area contributed by atoms with E-state index >= 15 is 0 Å². The molecule has 0 aromatic carbocycles. The molecule has 1 rings (SSSR count). The van der Waals surface area contributed by atoms with Crippen LogP contribution in [-0.2, 0) is 18.6 Å². The summed E-state index contributed by atoms with van der Waals surface area (Å²) < 4.78 is 22.2. The Hall–Kier alpha value is -0.130. The van der Waals surface area contributed by atoms with Crippen LogP contribution in [0.2, 0.25) is 0 Å². The molecular weight excluding hydrogens is 287 g/mol. The van der Waals surface area contributed by atoms with Gasteiger partial charge in [0.05, 0.1) is 0 Å². The van der Waals surface area contributed by atoms with E-state index in [2.05, 4.69) is 0 Å². The molecule has 0 radical (unpaired) electrons. The quantitative estimate of drug-likeness (QED) is 0.734. The van der Waals surface area contributed by atoms with Gasteiger partial charge in [0.2, 0.25) is 5.24 Å². The minimum absolute atomic E-state index is 0.298. The molecule has 7 heteroatoms. The molecule has 17 heavy (non-hydrogen) atoms. The van der Waals surface area contributed by atoms with Crippen molar-refractivity contribution in [3.8, 4) is 0 Å². The van der Waals surface area contributed by atoms with Crippen LogP contribution in [0.1, 0.15) is 33.6 Å². The van der Waals surface area contributed by atoms with Gasteiger partial charge in [-0.2, -0.15) is 0 Å². The summed E-state index contributed by atoms with van der Waals surface area (Å²) in [6.07, 6.45) is 0.678. The minimum atomic E-state index is -4.25. The Morgan fingerprint density at radius 2 is 1.71 bits per heavy atom. The first-order valence-corrected chi connectivity index (χ1v) is 7.82. The standard InChI is InChI=1S/C10H14Cl2O4S/c1-9(2)6(7(13)17(12,15)16)4-5-10(9,3)8(11)14/h6H,4-5H2,1-3H3. The fourth-order valence-electron chi connectivity index (χ4n) is 2.43. The van der Waals surface area contributed by atoms with Crippen LogP contribution < -0.4 is 0 Å². The highest BCUT2D eigenvalue weighted by atomic mass is 35.7. The summed E-state index contributed by atoms with van der Waals surface area (Å²) in [5, 5.41) is -1.57. The van der Waals surface area contributed by atoms with Crippen molar-refractivity contribution in [3.63, 3.8) is 0 Å². The lowest BCUT2D eigenvalue weighted by Crippen LogP contribution is -2.41. The van der Waals surface area contributed by atoms with E-state index in [-0.39, 0.29) is 0 Å². The van der Waals surface area contributed by atoms with Crippen molar-refractivity contribution in [2.75, 3.05) is 0 Å². The van der Waals surface area contributed by atoms with Gasteiger partial charge in [-0.25, -0.2) is 8.42 Å². The second-order valence-electron chi connectivity index (χ2n) is 5.18. The van der Waals surface area contributed by atoms with Crippen molar-refractivity contribution in [3.05, 3.63) is 0 Å². The third-order valence-corrected chi connectivity index (χ3v) is 5.82. The zero-order valence-corrected chi connectivity index (χ0v) is 12.1. The highest BCUT2D eigenvalue weighted by molar-refractivity contribution is 8.25. The number of rotatable bonds is 2. The Morgan fingerprint density at radius 3 is 2.00 bits per heavy atom. The lowest BCUT2D eigenvalue weighted by atomic mass is 9.67. The van der Waals surface area contributed by atoms with Crippen LogP contribution in [0.3, 0.4) is 0 Å². The Morgan fingerprint density at radius 1 is 1.24 bits per heavy atom. The van der Waals surface area contributed by atoms with Gasteiger partial charge in [0.1, 0.15) is 0 Å². The van der Waals surface area contributed by atoms with E-state index in [1.807, 2.05) is 0 Å². The van der Waals surface area contributed by atoms with Gasteiger partial charge < -0.3 is 0 Å². The molecule has 1 saturated carbocycles. The summed E-state index contributed by atoms with van der Waals surface area (Å²) in [5.41, 5.74) is -1.73. The molecule has 0 N–H and O–H groups in total. The fraction of sp³-hybridized carbons (Fsp3) is 0.800. The van der Waals surface area contributed by atoms with E-state index in [1.54, 1.807) is 20.8 Å². The lowest BCUT2D eigenvalue weighted by molar-refractivity contribution is -0.127. The van der Waals surface area contributed by atoms with Crippen LogP contribution in [0, 0.1) is 16.7 Å². The molecule has 0 amide bonds. The number of carbonyl (C=O) groups is 2. The first-order valence-electron chi connectivity index (χ1n) is 5.13. The molecule has 1 fully saturated rings. The van der Waals surface area contributed by atoms with E-state index in [4.69, 9.17) is 22.3 Å². The Balaban J connectivity index is 3.19. The SMILES string of the molecule is CC1(C(=O)Cl)CCC(C(=O)S(=O)(=O)Cl)C1(C)C. The molecule has 0 aliphatic heterocycles. The molecule has 1 aliphatic carbocycles. The smallest absolute Gasteiger partial charge is 0.281 e. The summed E-state index contributed by atoms with van der Waals surface area (Å²) in [4.78, 5) is 23.2. The maximum Gasteiger partial charge on any atom is 0.295 e. The van der Waals surface area contributed by atoms with Crippen molar-refractivity contribution in [1.29, 1.82) is 0 Å². The molecule has 1 aliphatic rings. The molecule has 2 unspecified atom stereocenters. The Kier molecular flexibility index (Phi) is 3.70. The highest BCUT2D eigenvalue weighted by Crippen LogP contribution is 2.57.